The van der Waals surface area contributed by atoms with Gasteiger partial charge in [0.25, 0.3) is 11.8 Å². The zero-order valence-electron chi connectivity index (χ0n) is 17.7. The van der Waals surface area contributed by atoms with Crippen molar-refractivity contribution in [3.05, 3.63) is 34.9 Å². The Hall–Kier alpha value is -2.62. The topological polar surface area (TPSA) is 108 Å². The van der Waals surface area contributed by atoms with Gasteiger partial charge in [-0.15, -0.1) is 0 Å². The van der Waals surface area contributed by atoms with E-state index in [0.717, 1.165) is 36.6 Å². The second-order valence-corrected chi connectivity index (χ2v) is 9.62. The second-order valence-electron chi connectivity index (χ2n) is 9.62. The van der Waals surface area contributed by atoms with Gasteiger partial charge in [-0.3, -0.25) is 34.3 Å². The molecule has 1 unspecified atom stereocenters. The lowest BCUT2D eigenvalue weighted by atomic mass is 9.90. The number of morpholine rings is 1. The number of carbonyl (C=O) groups excluding carboxylic acids is 4. The van der Waals surface area contributed by atoms with Gasteiger partial charge in [0.2, 0.25) is 11.8 Å². The van der Waals surface area contributed by atoms with Crippen LogP contribution in [0.25, 0.3) is 0 Å². The monoisotopic (exact) mass is 426 g/mol. The summed E-state index contributed by atoms with van der Waals surface area (Å²) in [6.45, 7) is 8.03. The van der Waals surface area contributed by atoms with E-state index in [0.29, 0.717) is 17.7 Å². The summed E-state index contributed by atoms with van der Waals surface area (Å²) in [6.07, 6.45) is 0.264. The Kier molecular flexibility index (Phi) is 4.55. The molecule has 1 aromatic rings. The molecule has 4 heterocycles. The SMILES string of the molecule is CC1(C)CN(Cc2ccc3c(c2)C(=O)N(C2CCC(=O)NC2=O)C3=O)CC2(CNC2)O1. The molecule has 0 aromatic heterocycles. The first kappa shape index (κ1) is 20.3. The van der Waals surface area contributed by atoms with Crippen LogP contribution in [0.15, 0.2) is 18.2 Å². The molecule has 31 heavy (non-hydrogen) atoms. The number of imide groups is 2. The van der Waals surface area contributed by atoms with E-state index in [1.54, 1.807) is 12.1 Å². The van der Waals surface area contributed by atoms with Crippen molar-refractivity contribution in [3.63, 3.8) is 0 Å². The molecule has 9 heteroatoms. The summed E-state index contributed by atoms with van der Waals surface area (Å²) in [4.78, 5) is 52.9. The van der Waals surface area contributed by atoms with Crippen molar-refractivity contribution in [1.82, 2.24) is 20.4 Å². The fourth-order valence-electron chi connectivity index (χ4n) is 5.23. The number of hydrogen-bond donors (Lipinski definition) is 2. The van der Waals surface area contributed by atoms with Crippen LogP contribution in [0.3, 0.4) is 0 Å². The molecule has 4 amide bonds. The molecular weight excluding hydrogens is 400 g/mol. The highest BCUT2D eigenvalue weighted by molar-refractivity contribution is 6.23. The standard InChI is InChI=1S/C22H26N4O5/c1-21(2)11-25(12-22(31-21)9-23-10-22)8-13-3-4-14-15(7-13)20(30)26(19(14)29)16-5-6-17(27)24-18(16)28/h3-4,7,16,23H,5-6,8-12H2,1-2H3,(H,24,27,28). The van der Waals surface area contributed by atoms with Gasteiger partial charge >= 0.3 is 0 Å². The van der Waals surface area contributed by atoms with E-state index in [4.69, 9.17) is 4.74 Å². The van der Waals surface area contributed by atoms with Gasteiger partial charge in [-0.05, 0) is 38.0 Å². The fourth-order valence-corrected chi connectivity index (χ4v) is 5.23. The van der Waals surface area contributed by atoms with Crippen molar-refractivity contribution in [3.8, 4) is 0 Å². The van der Waals surface area contributed by atoms with Crippen LogP contribution in [0, 0.1) is 0 Å². The smallest absolute Gasteiger partial charge is 0.262 e. The van der Waals surface area contributed by atoms with Crippen LogP contribution in [0.1, 0.15) is 53.0 Å². The quantitative estimate of drug-likeness (QED) is 0.657. The number of fused-ring (bicyclic) bond motifs is 1. The first-order valence-electron chi connectivity index (χ1n) is 10.6. The van der Waals surface area contributed by atoms with Gasteiger partial charge in [-0.2, -0.15) is 0 Å². The van der Waals surface area contributed by atoms with Gasteiger partial charge < -0.3 is 10.1 Å². The van der Waals surface area contributed by atoms with E-state index in [1.807, 2.05) is 6.07 Å². The number of rotatable bonds is 3. The first-order chi connectivity index (χ1) is 14.7. The van der Waals surface area contributed by atoms with Crippen LogP contribution in [-0.4, -0.2) is 76.9 Å². The maximum atomic E-state index is 13.0. The molecule has 1 spiro atoms. The molecule has 3 saturated heterocycles. The molecule has 3 fully saturated rings. The van der Waals surface area contributed by atoms with Crippen molar-refractivity contribution in [2.75, 3.05) is 26.2 Å². The Balaban J connectivity index is 1.36. The normalized spacial score (nSPS) is 27.3. The Morgan fingerprint density at radius 3 is 2.48 bits per heavy atom. The number of nitrogens with zero attached hydrogens (tertiary/aromatic N) is 2. The molecule has 0 radical (unpaired) electrons. The third-order valence-corrected chi connectivity index (χ3v) is 6.41. The zero-order valence-corrected chi connectivity index (χ0v) is 17.7. The summed E-state index contributed by atoms with van der Waals surface area (Å²) < 4.78 is 6.30. The van der Waals surface area contributed by atoms with Gasteiger partial charge in [0.05, 0.1) is 16.7 Å². The highest BCUT2D eigenvalue weighted by Crippen LogP contribution is 2.33. The summed E-state index contributed by atoms with van der Waals surface area (Å²) in [6, 6.07) is 4.35. The minimum atomic E-state index is -0.945. The maximum absolute atomic E-state index is 13.0. The lowest BCUT2D eigenvalue weighted by molar-refractivity contribution is -0.216. The van der Waals surface area contributed by atoms with E-state index in [9.17, 15) is 19.2 Å². The third kappa shape index (κ3) is 3.46. The van der Waals surface area contributed by atoms with E-state index in [-0.39, 0.29) is 30.0 Å². The molecule has 4 aliphatic rings. The number of ether oxygens (including phenoxy) is 1. The molecule has 1 atom stereocenters. The van der Waals surface area contributed by atoms with Gasteiger partial charge in [-0.25, -0.2) is 0 Å². The fraction of sp³-hybridized carbons (Fsp3) is 0.545. The van der Waals surface area contributed by atoms with Crippen molar-refractivity contribution >= 4 is 23.6 Å². The number of amides is 4. The molecule has 5 rings (SSSR count). The van der Waals surface area contributed by atoms with Crippen LogP contribution >= 0.6 is 0 Å². The Morgan fingerprint density at radius 1 is 1.06 bits per heavy atom. The summed E-state index contributed by atoms with van der Waals surface area (Å²) in [7, 11) is 0. The molecule has 164 valence electrons. The number of benzene rings is 1. The third-order valence-electron chi connectivity index (χ3n) is 6.41. The molecule has 2 N–H and O–H groups in total. The lowest BCUT2D eigenvalue weighted by Gasteiger charge is -2.54. The molecule has 0 aliphatic carbocycles. The van der Waals surface area contributed by atoms with Crippen LogP contribution in [-0.2, 0) is 20.9 Å². The van der Waals surface area contributed by atoms with Crippen LogP contribution in [0.5, 0.6) is 0 Å². The summed E-state index contributed by atoms with van der Waals surface area (Å²) >= 11 is 0. The molecule has 0 bridgehead atoms. The summed E-state index contributed by atoms with van der Waals surface area (Å²) in [5.41, 5.74) is 1.11. The highest BCUT2D eigenvalue weighted by Gasteiger charge is 2.48. The van der Waals surface area contributed by atoms with Crippen molar-refractivity contribution in [1.29, 1.82) is 0 Å². The van der Waals surface area contributed by atoms with Crippen LogP contribution in [0.4, 0.5) is 0 Å². The Bertz CT molecular complexity index is 1000. The average Bonchev–Trinajstić information content (AvgIpc) is 2.90. The summed E-state index contributed by atoms with van der Waals surface area (Å²) in [5, 5.41) is 5.51. The summed E-state index contributed by atoms with van der Waals surface area (Å²) in [5.74, 6) is -1.93. The zero-order chi connectivity index (χ0) is 22.0. The van der Waals surface area contributed by atoms with E-state index in [1.165, 1.54) is 0 Å². The first-order valence-corrected chi connectivity index (χ1v) is 10.6. The molecule has 4 aliphatic heterocycles. The minimum Gasteiger partial charge on any atom is -0.364 e. The van der Waals surface area contributed by atoms with Crippen LogP contribution in [0.2, 0.25) is 0 Å². The largest absolute Gasteiger partial charge is 0.364 e. The maximum Gasteiger partial charge on any atom is 0.262 e. The lowest BCUT2D eigenvalue weighted by Crippen LogP contribution is -2.72. The van der Waals surface area contributed by atoms with Gasteiger partial charge in [-0.1, -0.05) is 6.07 Å². The van der Waals surface area contributed by atoms with Crippen molar-refractivity contribution < 1.29 is 23.9 Å². The van der Waals surface area contributed by atoms with Gasteiger partial charge in [0.15, 0.2) is 0 Å². The van der Waals surface area contributed by atoms with E-state index in [2.05, 4.69) is 29.4 Å². The van der Waals surface area contributed by atoms with E-state index >= 15 is 0 Å². The molecule has 1 aromatic carbocycles. The highest BCUT2D eigenvalue weighted by atomic mass is 16.5. The predicted octanol–water partition coefficient (Wildman–Crippen LogP) is 0.0406. The minimum absolute atomic E-state index is 0.110. The Morgan fingerprint density at radius 2 is 1.81 bits per heavy atom. The van der Waals surface area contributed by atoms with Gasteiger partial charge in [0, 0.05) is 39.1 Å². The molecule has 0 saturated carbocycles. The number of hydrogen-bond acceptors (Lipinski definition) is 7. The second kappa shape index (κ2) is 6.94. The molecular formula is C22H26N4O5. The van der Waals surface area contributed by atoms with E-state index < -0.39 is 23.8 Å². The predicted molar refractivity (Wildman–Crippen MR) is 109 cm³/mol. The number of nitrogens with one attached hydrogen (secondary N) is 2. The van der Waals surface area contributed by atoms with Crippen molar-refractivity contribution in [2.45, 2.75) is 50.5 Å². The number of piperidine rings is 1. The van der Waals surface area contributed by atoms with Gasteiger partial charge in [0.1, 0.15) is 11.6 Å². The average molecular weight is 426 g/mol. The Labute approximate surface area is 180 Å². The number of carbonyl (C=O) groups is 4. The van der Waals surface area contributed by atoms with Crippen molar-refractivity contribution in [2.24, 2.45) is 0 Å². The van der Waals surface area contributed by atoms with Crippen LogP contribution < -0.4 is 10.6 Å². The molecule has 9 nitrogen and oxygen atoms in total.